The Hall–Kier alpha value is -1.95. The summed E-state index contributed by atoms with van der Waals surface area (Å²) in [5.41, 5.74) is 5.56. The first-order chi connectivity index (χ1) is 8.41. The summed E-state index contributed by atoms with van der Waals surface area (Å²) >= 11 is 0. The molecule has 0 unspecified atom stereocenters. The molecule has 5 nitrogen and oxygen atoms in total. The highest BCUT2D eigenvalue weighted by Crippen LogP contribution is 2.09. The van der Waals surface area contributed by atoms with E-state index in [1.54, 1.807) is 6.07 Å². The number of hydrogen-bond acceptors (Lipinski definition) is 3. The first kappa shape index (κ1) is 14.1. The van der Waals surface area contributed by atoms with Crippen LogP contribution in [0.15, 0.2) is 24.3 Å². The average molecular weight is 254 g/mol. The Balaban J connectivity index is 2.79. The number of carboxylic acid groups (broad SMARTS) is 1. The van der Waals surface area contributed by atoms with Crippen LogP contribution >= 0.6 is 0 Å². The van der Waals surface area contributed by atoms with Gasteiger partial charge in [0.1, 0.15) is 11.9 Å². The molecule has 1 aromatic carbocycles. The van der Waals surface area contributed by atoms with Crippen LogP contribution in [0.3, 0.4) is 0 Å². The van der Waals surface area contributed by atoms with Gasteiger partial charge in [-0.3, -0.25) is 4.79 Å². The van der Waals surface area contributed by atoms with E-state index in [1.807, 2.05) is 0 Å². The van der Waals surface area contributed by atoms with Gasteiger partial charge in [-0.2, -0.15) is 0 Å². The van der Waals surface area contributed by atoms with Gasteiger partial charge in [0, 0.05) is 6.42 Å². The third-order valence-corrected chi connectivity index (χ3v) is 2.41. The van der Waals surface area contributed by atoms with Gasteiger partial charge in [0.15, 0.2) is 0 Å². The van der Waals surface area contributed by atoms with E-state index in [0.29, 0.717) is 0 Å². The number of aliphatic carboxylic acids is 1. The van der Waals surface area contributed by atoms with Crippen molar-refractivity contribution in [3.63, 3.8) is 0 Å². The molecule has 98 valence electrons. The van der Waals surface area contributed by atoms with Gasteiger partial charge in [-0.25, -0.2) is 9.18 Å². The average Bonchev–Trinajstić information content (AvgIpc) is 2.30. The molecule has 0 aromatic heterocycles. The van der Waals surface area contributed by atoms with Crippen molar-refractivity contribution in [1.82, 2.24) is 5.32 Å². The van der Waals surface area contributed by atoms with Crippen molar-refractivity contribution in [2.75, 3.05) is 0 Å². The minimum Gasteiger partial charge on any atom is -0.480 e. The molecule has 1 rings (SSSR count). The van der Waals surface area contributed by atoms with Crippen molar-refractivity contribution >= 4 is 11.9 Å². The van der Waals surface area contributed by atoms with E-state index in [2.05, 4.69) is 5.32 Å². The first-order valence-electron chi connectivity index (χ1n) is 5.44. The summed E-state index contributed by atoms with van der Waals surface area (Å²) < 4.78 is 13.4. The number of rotatable bonds is 5. The maximum Gasteiger partial charge on any atom is 0.326 e. The zero-order valence-corrected chi connectivity index (χ0v) is 9.89. The van der Waals surface area contributed by atoms with Gasteiger partial charge >= 0.3 is 5.97 Å². The topological polar surface area (TPSA) is 92.4 Å². The molecule has 0 spiro atoms. The maximum absolute atomic E-state index is 13.4. The number of hydrogen-bond donors (Lipinski definition) is 3. The number of halogens is 1. The Kier molecular flexibility index (Phi) is 4.79. The second-order valence-electron chi connectivity index (χ2n) is 3.98. The molecule has 0 aliphatic carbocycles. The third-order valence-electron chi connectivity index (χ3n) is 2.41. The van der Waals surface area contributed by atoms with Crippen LogP contribution in [0.25, 0.3) is 0 Å². The molecule has 0 bridgehead atoms. The highest BCUT2D eigenvalue weighted by molar-refractivity contribution is 5.86. The SMILES string of the molecule is C[C@H](N)C(=O)N[C@@H](Cc1ccccc1F)C(=O)O. The largest absolute Gasteiger partial charge is 0.480 e. The Labute approximate surface area is 104 Å². The second-order valence-corrected chi connectivity index (χ2v) is 3.98. The van der Waals surface area contributed by atoms with E-state index in [-0.39, 0.29) is 12.0 Å². The lowest BCUT2D eigenvalue weighted by atomic mass is 10.1. The Morgan fingerprint density at radius 1 is 1.44 bits per heavy atom. The number of nitrogens with two attached hydrogens (primary N) is 1. The molecule has 0 fully saturated rings. The van der Waals surface area contributed by atoms with Crippen LogP contribution in [0.2, 0.25) is 0 Å². The molecule has 1 aromatic rings. The lowest BCUT2D eigenvalue weighted by Gasteiger charge is -2.16. The molecule has 0 radical (unpaired) electrons. The fraction of sp³-hybridized carbons (Fsp3) is 0.333. The van der Waals surface area contributed by atoms with Crippen LogP contribution < -0.4 is 11.1 Å². The fourth-order valence-electron chi connectivity index (χ4n) is 1.39. The van der Waals surface area contributed by atoms with E-state index < -0.39 is 29.8 Å². The van der Waals surface area contributed by atoms with Gasteiger partial charge in [-0.05, 0) is 18.6 Å². The predicted octanol–water partition coefficient (Wildman–Crippen LogP) is 0.285. The molecular weight excluding hydrogens is 239 g/mol. The molecule has 1 amide bonds. The zero-order valence-electron chi connectivity index (χ0n) is 9.89. The Morgan fingerprint density at radius 2 is 2.06 bits per heavy atom. The van der Waals surface area contributed by atoms with Gasteiger partial charge in [0.25, 0.3) is 0 Å². The van der Waals surface area contributed by atoms with Gasteiger partial charge < -0.3 is 16.2 Å². The zero-order chi connectivity index (χ0) is 13.7. The summed E-state index contributed by atoms with van der Waals surface area (Å²) in [6, 6.07) is 3.82. The predicted molar refractivity (Wildman–Crippen MR) is 63.3 cm³/mol. The smallest absolute Gasteiger partial charge is 0.326 e. The summed E-state index contributed by atoms with van der Waals surface area (Å²) in [5.74, 6) is -2.32. The lowest BCUT2D eigenvalue weighted by Crippen LogP contribution is -2.48. The number of carbonyl (C=O) groups is 2. The van der Waals surface area contributed by atoms with E-state index in [4.69, 9.17) is 10.8 Å². The van der Waals surface area contributed by atoms with Crippen LogP contribution in [0.5, 0.6) is 0 Å². The highest BCUT2D eigenvalue weighted by atomic mass is 19.1. The molecule has 2 atom stereocenters. The molecule has 0 heterocycles. The van der Waals surface area contributed by atoms with Crippen molar-refractivity contribution in [3.05, 3.63) is 35.6 Å². The Morgan fingerprint density at radius 3 is 2.56 bits per heavy atom. The third kappa shape index (κ3) is 3.81. The van der Waals surface area contributed by atoms with Crippen molar-refractivity contribution in [2.24, 2.45) is 5.73 Å². The summed E-state index contributed by atoms with van der Waals surface area (Å²) in [7, 11) is 0. The summed E-state index contributed by atoms with van der Waals surface area (Å²) in [4.78, 5) is 22.3. The molecule has 6 heteroatoms. The Bertz CT molecular complexity index is 449. The van der Waals surface area contributed by atoms with Crippen molar-refractivity contribution in [2.45, 2.75) is 25.4 Å². The van der Waals surface area contributed by atoms with E-state index in [0.717, 1.165) is 0 Å². The van der Waals surface area contributed by atoms with Crippen LogP contribution in [0, 0.1) is 5.82 Å². The minimum atomic E-state index is -1.23. The molecule has 0 aliphatic rings. The quantitative estimate of drug-likeness (QED) is 0.704. The van der Waals surface area contributed by atoms with Crippen LogP contribution in [-0.2, 0) is 16.0 Å². The van der Waals surface area contributed by atoms with Gasteiger partial charge in [-0.15, -0.1) is 0 Å². The standard InChI is InChI=1S/C12H15FN2O3/c1-7(14)11(16)15-10(12(17)18)6-8-4-2-3-5-9(8)13/h2-5,7,10H,6,14H2,1H3,(H,15,16)(H,17,18)/t7-,10-/m0/s1. The lowest BCUT2D eigenvalue weighted by molar-refractivity contribution is -0.141. The monoisotopic (exact) mass is 254 g/mol. The van der Waals surface area contributed by atoms with Crippen molar-refractivity contribution in [1.29, 1.82) is 0 Å². The van der Waals surface area contributed by atoms with Crippen molar-refractivity contribution < 1.29 is 19.1 Å². The highest BCUT2D eigenvalue weighted by Gasteiger charge is 2.22. The van der Waals surface area contributed by atoms with Crippen LogP contribution in [0.4, 0.5) is 4.39 Å². The number of carbonyl (C=O) groups excluding carboxylic acids is 1. The number of amides is 1. The van der Waals surface area contributed by atoms with Gasteiger partial charge in [0.2, 0.25) is 5.91 Å². The summed E-state index contributed by atoms with van der Waals surface area (Å²) in [6.45, 7) is 1.44. The van der Waals surface area contributed by atoms with Gasteiger partial charge in [-0.1, -0.05) is 18.2 Å². The van der Waals surface area contributed by atoms with E-state index >= 15 is 0 Å². The van der Waals surface area contributed by atoms with Gasteiger partial charge in [0.05, 0.1) is 6.04 Å². The number of nitrogens with one attached hydrogen (secondary N) is 1. The van der Waals surface area contributed by atoms with Crippen LogP contribution in [-0.4, -0.2) is 29.1 Å². The number of carboxylic acids is 1. The first-order valence-corrected chi connectivity index (χ1v) is 5.44. The molecular formula is C12H15FN2O3. The normalized spacial score (nSPS) is 13.7. The van der Waals surface area contributed by atoms with E-state index in [9.17, 15) is 14.0 Å². The second kappa shape index (κ2) is 6.11. The summed E-state index contributed by atoms with van der Waals surface area (Å²) in [5, 5.41) is 11.2. The van der Waals surface area contributed by atoms with E-state index in [1.165, 1.54) is 25.1 Å². The molecule has 4 N–H and O–H groups in total. The molecule has 18 heavy (non-hydrogen) atoms. The minimum absolute atomic E-state index is 0.125. The summed E-state index contributed by atoms with van der Waals surface area (Å²) in [6.07, 6.45) is -0.125. The number of benzene rings is 1. The maximum atomic E-state index is 13.4. The fourth-order valence-corrected chi connectivity index (χ4v) is 1.39. The van der Waals surface area contributed by atoms with Crippen LogP contribution in [0.1, 0.15) is 12.5 Å². The van der Waals surface area contributed by atoms with Crippen molar-refractivity contribution in [3.8, 4) is 0 Å². The molecule has 0 saturated heterocycles. The molecule has 0 saturated carbocycles. The molecule has 0 aliphatic heterocycles.